The van der Waals surface area contributed by atoms with Gasteiger partial charge in [0.2, 0.25) is 6.79 Å². The van der Waals surface area contributed by atoms with E-state index in [1.165, 1.54) is 11.1 Å². The van der Waals surface area contributed by atoms with Gasteiger partial charge in [0.05, 0.1) is 0 Å². The molecule has 0 spiro atoms. The third-order valence-corrected chi connectivity index (χ3v) is 3.40. The maximum Gasteiger partial charge on any atom is 0.414 e. The first-order valence-corrected chi connectivity index (χ1v) is 7.63. The molecule has 0 unspecified atom stereocenters. The van der Waals surface area contributed by atoms with Crippen LogP contribution < -0.4 is 14.8 Å². The SMILES string of the molecule is Clc1cccc(CNCc2ccc3c(c2)OCO3)c1.O=C(O)C(=O)O. The van der Waals surface area contributed by atoms with Crippen molar-refractivity contribution in [3.63, 3.8) is 0 Å². The van der Waals surface area contributed by atoms with Gasteiger partial charge in [0, 0.05) is 18.1 Å². The second-order valence-electron chi connectivity index (χ2n) is 5.03. The van der Waals surface area contributed by atoms with E-state index in [0.29, 0.717) is 6.79 Å². The average Bonchev–Trinajstić information content (AvgIpc) is 3.03. The van der Waals surface area contributed by atoms with E-state index in [0.717, 1.165) is 29.6 Å². The number of fused-ring (bicyclic) bond motifs is 1. The molecular formula is C17H16ClNO6. The zero-order chi connectivity index (χ0) is 18.2. The van der Waals surface area contributed by atoms with Gasteiger partial charge in [0.25, 0.3) is 0 Å². The average molecular weight is 366 g/mol. The predicted octanol–water partition coefficient (Wildman–Crippen LogP) is 2.51. The normalized spacial score (nSPS) is 11.4. The Labute approximate surface area is 148 Å². The lowest BCUT2D eigenvalue weighted by atomic mass is 10.2. The summed E-state index contributed by atoms with van der Waals surface area (Å²) < 4.78 is 10.6. The molecular weight excluding hydrogens is 350 g/mol. The first-order valence-electron chi connectivity index (χ1n) is 7.25. The Kier molecular flexibility index (Phi) is 6.62. The third-order valence-electron chi connectivity index (χ3n) is 3.17. The third kappa shape index (κ3) is 5.98. The monoisotopic (exact) mass is 365 g/mol. The number of ether oxygens (including phenoxy) is 2. The van der Waals surface area contributed by atoms with E-state index >= 15 is 0 Å². The lowest BCUT2D eigenvalue weighted by molar-refractivity contribution is -0.159. The van der Waals surface area contributed by atoms with Gasteiger partial charge in [-0.15, -0.1) is 0 Å². The molecule has 0 radical (unpaired) electrons. The Bertz CT molecular complexity index is 753. The molecule has 0 fully saturated rings. The number of aliphatic carboxylic acids is 2. The summed E-state index contributed by atoms with van der Waals surface area (Å²) in [6.07, 6.45) is 0. The lowest BCUT2D eigenvalue weighted by Gasteiger charge is -2.06. The smallest absolute Gasteiger partial charge is 0.414 e. The molecule has 1 heterocycles. The van der Waals surface area contributed by atoms with Crippen molar-refractivity contribution in [2.24, 2.45) is 0 Å². The number of carboxylic acid groups (broad SMARTS) is 2. The molecule has 0 aromatic heterocycles. The second-order valence-corrected chi connectivity index (χ2v) is 5.47. The highest BCUT2D eigenvalue weighted by Gasteiger charge is 2.12. The fourth-order valence-electron chi connectivity index (χ4n) is 2.05. The van der Waals surface area contributed by atoms with Gasteiger partial charge in [-0.3, -0.25) is 0 Å². The number of hydrogen-bond donors (Lipinski definition) is 3. The number of benzene rings is 2. The molecule has 132 valence electrons. The van der Waals surface area contributed by atoms with Crippen molar-refractivity contribution in [1.29, 1.82) is 0 Å². The maximum absolute atomic E-state index is 9.10. The Balaban J connectivity index is 0.000000326. The largest absolute Gasteiger partial charge is 0.473 e. The van der Waals surface area contributed by atoms with E-state index in [2.05, 4.69) is 11.4 Å². The minimum atomic E-state index is -1.82. The van der Waals surface area contributed by atoms with Crippen LogP contribution in [0.1, 0.15) is 11.1 Å². The summed E-state index contributed by atoms with van der Waals surface area (Å²) in [7, 11) is 0. The van der Waals surface area contributed by atoms with Crippen molar-refractivity contribution in [3.8, 4) is 11.5 Å². The topological polar surface area (TPSA) is 105 Å². The molecule has 3 N–H and O–H groups in total. The number of rotatable bonds is 4. The molecule has 7 nitrogen and oxygen atoms in total. The molecule has 1 aliphatic rings. The van der Waals surface area contributed by atoms with E-state index in [9.17, 15) is 0 Å². The fraction of sp³-hybridized carbons (Fsp3) is 0.176. The van der Waals surface area contributed by atoms with Gasteiger partial charge in [-0.05, 0) is 35.4 Å². The first kappa shape index (κ1) is 18.6. The van der Waals surface area contributed by atoms with E-state index < -0.39 is 11.9 Å². The summed E-state index contributed by atoms with van der Waals surface area (Å²) in [5, 5.41) is 18.9. The Morgan fingerprint density at radius 2 is 1.60 bits per heavy atom. The van der Waals surface area contributed by atoms with Gasteiger partial charge in [0.1, 0.15) is 0 Å². The predicted molar refractivity (Wildman–Crippen MR) is 89.8 cm³/mol. The summed E-state index contributed by atoms with van der Waals surface area (Å²) >= 11 is 5.95. The van der Waals surface area contributed by atoms with Crippen LogP contribution in [0.3, 0.4) is 0 Å². The highest BCUT2D eigenvalue weighted by Crippen LogP contribution is 2.32. The van der Waals surface area contributed by atoms with Gasteiger partial charge in [0.15, 0.2) is 11.5 Å². The summed E-state index contributed by atoms with van der Waals surface area (Å²) in [4.78, 5) is 18.2. The quantitative estimate of drug-likeness (QED) is 0.715. The number of carboxylic acids is 2. The van der Waals surface area contributed by atoms with Crippen LogP contribution in [0.15, 0.2) is 42.5 Å². The van der Waals surface area contributed by atoms with Crippen LogP contribution in [-0.4, -0.2) is 28.9 Å². The van der Waals surface area contributed by atoms with Crippen molar-refractivity contribution in [2.45, 2.75) is 13.1 Å². The van der Waals surface area contributed by atoms with Crippen molar-refractivity contribution in [2.75, 3.05) is 6.79 Å². The van der Waals surface area contributed by atoms with Crippen LogP contribution in [0, 0.1) is 0 Å². The van der Waals surface area contributed by atoms with Crippen LogP contribution in [0.5, 0.6) is 11.5 Å². The van der Waals surface area contributed by atoms with Crippen LogP contribution in [-0.2, 0) is 22.7 Å². The lowest BCUT2D eigenvalue weighted by Crippen LogP contribution is -2.12. The molecule has 0 aliphatic carbocycles. The zero-order valence-corrected chi connectivity index (χ0v) is 13.8. The Hall–Kier alpha value is -2.77. The van der Waals surface area contributed by atoms with Crippen LogP contribution in [0.25, 0.3) is 0 Å². The summed E-state index contributed by atoms with van der Waals surface area (Å²) in [5.74, 6) is -2.01. The molecule has 8 heteroatoms. The molecule has 1 aliphatic heterocycles. The van der Waals surface area contributed by atoms with Gasteiger partial charge in [-0.1, -0.05) is 29.8 Å². The molecule has 25 heavy (non-hydrogen) atoms. The van der Waals surface area contributed by atoms with Crippen LogP contribution in [0.4, 0.5) is 0 Å². The molecule has 0 saturated heterocycles. The zero-order valence-electron chi connectivity index (χ0n) is 13.1. The summed E-state index contributed by atoms with van der Waals surface area (Å²) in [6, 6.07) is 13.8. The van der Waals surface area contributed by atoms with E-state index in [-0.39, 0.29) is 0 Å². The minimum absolute atomic E-state index is 0.314. The van der Waals surface area contributed by atoms with Crippen molar-refractivity contribution in [1.82, 2.24) is 5.32 Å². The van der Waals surface area contributed by atoms with Crippen LogP contribution >= 0.6 is 11.6 Å². The molecule has 0 saturated carbocycles. The summed E-state index contributed by atoms with van der Waals surface area (Å²) in [5.41, 5.74) is 2.35. The Morgan fingerprint density at radius 1 is 0.960 bits per heavy atom. The van der Waals surface area contributed by atoms with E-state index in [1.54, 1.807) is 0 Å². The fourth-order valence-corrected chi connectivity index (χ4v) is 2.26. The van der Waals surface area contributed by atoms with E-state index in [1.807, 2.05) is 36.4 Å². The van der Waals surface area contributed by atoms with Crippen molar-refractivity contribution >= 4 is 23.5 Å². The maximum atomic E-state index is 9.10. The number of halogens is 1. The van der Waals surface area contributed by atoms with Gasteiger partial charge < -0.3 is 25.0 Å². The van der Waals surface area contributed by atoms with Crippen molar-refractivity contribution in [3.05, 3.63) is 58.6 Å². The second kappa shape index (κ2) is 8.91. The first-order chi connectivity index (χ1) is 12.0. The standard InChI is InChI=1S/C15H14ClNO2.C2H2O4/c16-13-3-1-2-11(6-13)8-17-9-12-4-5-14-15(7-12)19-10-18-14;3-1(4)2(5)6/h1-7,17H,8-10H2;(H,3,4)(H,5,6). The highest BCUT2D eigenvalue weighted by molar-refractivity contribution is 6.30. The molecule has 0 amide bonds. The van der Waals surface area contributed by atoms with Crippen molar-refractivity contribution < 1.29 is 29.3 Å². The highest BCUT2D eigenvalue weighted by atomic mass is 35.5. The molecule has 0 atom stereocenters. The Morgan fingerprint density at radius 3 is 2.24 bits per heavy atom. The minimum Gasteiger partial charge on any atom is -0.473 e. The van der Waals surface area contributed by atoms with Gasteiger partial charge in [-0.2, -0.15) is 0 Å². The molecule has 2 aromatic rings. The van der Waals surface area contributed by atoms with E-state index in [4.69, 9.17) is 40.9 Å². The van der Waals surface area contributed by atoms with Crippen LogP contribution in [0.2, 0.25) is 5.02 Å². The molecule has 3 rings (SSSR count). The number of nitrogens with one attached hydrogen (secondary N) is 1. The number of carbonyl (C=O) groups is 2. The van der Waals surface area contributed by atoms with Gasteiger partial charge in [-0.25, -0.2) is 9.59 Å². The molecule has 2 aromatic carbocycles. The number of hydrogen-bond acceptors (Lipinski definition) is 5. The molecule has 0 bridgehead atoms. The van der Waals surface area contributed by atoms with Gasteiger partial charge >= 0.3 is 11.9 Å². The summed E-state index contributed by atoms with van der Waals surface area (Å²) in [6.45, 7) is 1.88.